The van der Waals surface area contributed by atoms with Crippen LogP contribution in [0.25, 0.3) is 5.69 Å². The zero-order chi connectivity index (χ0) is 14.5. The number of carbonyl (C=O) groups is 1. The minimum absolute atomic E-state index is 0.495. The van der Waals surface area contributed by atoms with Crippen LogP contribution in [0.3, 0.4) is 0 Å². The monoisotopic (exact) mass is 279 g/mol. The Morgan fingerprint density at radius 1 is 1.05 bits per heavy atom. The minimum atomic E-state index is -0.534. The molecule has 5 nitrogen and oxygen atoms in total. The summed E-state index contributed by atoms with van der Waals surface area (Å²) in [5, 5.41) is 2.74. The molecule has 0 radical (unpaired) electrons. The number of aromatic nitrogens is 2. The molecule has 2 aromatic carbocycles. The van der Waals surface area contributed by atoms with Crippen molar-refractivity contribution in [2.75, 3.05) is 5.32 Å². The van der Waals surface area contributed by atoms with Gasteiger partial charge in [-0.2, -0.15) is 0 Å². The summed E-state index contributed by atoms with van der Waals surface area (Å²) in [5.41, 5.74) is 1.47. The van der Waals surface area contributed by atoms with Crippen molar-refractivity contribution in [2.45, 2.75) is 0 Å². The molecule has 0 fully saturated rings. The quantitative estimate of drug-likeness (QED) is 0.798. The molecule has 0 unspecified atom stereocenters. The fourth-order valence-corrected chi connectivity index (χ4v) is 1.94. The number of benzene rings is 2. The fraction of sp³-hybridized carbons (Fsp3) is 0. The van der Waals surface area contributed by atoms with Gasteiger partial charge in [0.25, 0.3) is 0 Å². The molecular formula is C16H13N3O2. The van der Waals surface area contributed by atoms with Gasteiger partial charge in [-0.25, -0.2) is 9.78 Å². The Hall–Kier alpha value is -3.08. The molecule has 0 aliphatic rings. The standard InChI is InChI=1S/C16H13N3O2/c20-16(21-13-6-2-1-3-7-13)18-14-8-4-5-9-15(14)19-11-10-17-12-19/h1-12H,(H,18,20). The van der Waals surface area contributed by atoms with E-state index in [1.807, 2.05) is 53.2 Å². The normalized spacial score (nSPS) is 10.1. The second-order valence-electron chi connectivity index (χ2n) is 4.31. The van der Waals surface area contributed by atoms with E-state index in [-0.39, 0.29) is 0 Å². The van der Waals surface area contributed by atoms with Crippen LogP contribution in [0.4, 0.5) is 10.5 Å². The third kappa shape index (κ3) is 3.09. The summed E-state index contributed by atoms with van der Waals surface area (Å²) in [6, 6.07) is 16.4. The molecule has 0 atom stereocenters. The SMILES string of the molecule is O=C(Nc1ccccc1-n1ccnc1)Oc1ccccc1. The Kier molecular flexibility index (Phi) is 3.64. The molecule has 1 heterocycles. The van der Waals surface area contributed by atoms with E-state index in [2.05, 4.69) is 10.3 Å². The van der Waals surface area contributed by atoms with Gasteiger partial charge in [0, 0.05) is 12.4 Å². The molecular weight excluding hydrogens is 266 g/mol. The Labute approximate surface area is 121 Å². The van der Waals surface area contributed by atoms with E-state index in [0.29, 0.717) is 11.4 Å². The van der Waals surface area contributed by atoms with E-state index >= 15 is 0 Å². The van der Waals surface area contributed by atoms with Gasteiger partial charge in [0.2, 0.25) is 0 Å². The maximum atomic E-state index is 11.9. The minimum Gasteiger partial charge on any atom is -0.410 e. The van der Waals surface area contributed by atoms with Gasteiger partial charge in [0.15, 0.2) is 0 Å². The summed E-state index contributed by atoms with van der Waals surface area (Å²) in [4.78, 5) is 16.0. The highest BCUT2D eigenvalue weighted by molar-refractivity contribution is 5.88. The molecule has 0 spiro atoms. The van der Waals surface area contributed by atoms with Crippen LogP contribution in [0, 0.1) is 0 Å². The number of amides is 1. The molecule has 3 aromatic rings. The number of imidazole rings is 1. The van der Waals surface area contributed by atoms with Gasteiger partial charge in [0.1, 0.15) is 5.75 Å². The Morgan fingerprint density at radius 2 is 1.81 bits per heavy atom. The van der Waals surface area contributed by atoms with Crippen LogP contribution in [-0.2, 0) is 0 Å². The van der Waals surface area contributed by atoms with E-state index in [0.717, 1.165) is 5.69 Å². The van der Waals surface area contributed by atoms with Crippen LogP contribution in [0.2, 0.25) is 0 Å². The lowest BCUT2D eigenvalue weighted by Crippen LogP contribution is -2.17. The van der Waals surface area contributed by atoms with E-state index < -0.39 is 6.09 Å². The molecule has 3 rings (SSSR count). The topological polar surface area (TPSA) is 56.2 Å². The lowest BCUT2D eigenvalue weighted by Gasteiger charge is -2.11. The van der Waals surface area contributed by atoms with Crippen molar-refractivity contribution in [3.05, 3.63) is 73.3 Å². The number of rotatable bonds is 3. The molecule has 104 valence electrons. The maximum absolute atomic E-state index is 11.9. The van der Waals surface area contributed by atoms with Crippen LogP contribution in [0.1, 0.15) is 0 Å². The molecule has 1 aromatic heterocycles. The highest BCUT2D eigenvalue weighted by Crippen LogP contribution is 2.20. The summed E-state index contributed by atoms with van der Waals surface area (Å²) in [6.45, 7) is 0. The average molecular weight is 279 g/mol. The highest BCUT2D eigenvalue weighted by atomic mass is 16.6. The summed E-state index contributed by atoms with van der Waals surface area (Å²) in [5.74, 6) is 0.495. The highest BCUT2D eigenvalue weighted by Gasteiger charge is 2.09. The lowest BCUT2D eigenvalue weighted by atomic mass is 10.2. The molecule has 0 aliphatic heterocycles. The molecule has 21 heavy (non-hydrogen) atoms. The van der Waals surface area contributed by atoms with Gasteiger partial charge >= 0.3 is 6.09 Å². The van der Waals surface area contributed by atoms with Crippen molar-refractivity contribution >= 4 is 11.8 Å². The van der Waals surface area contributed by atoms with E-state index in [4.69, 9.17) is 4.74 Å². The number of anilines is 1. The molecule has 0 bridgehead atoms. The third-order valence-corrected chi connectivity index (χ3v) is 2.88. The van der Waals surface area contributed by atoms with Crippen LogP contribution < -0.4 is 10.1 Å². The molecule has 5 heteroatoms. The number of carbonyl (C=O) groups excluding carboxylic acids is 1. The summed E-state index contributed by atoms with van der Waals surface area (Å²) >= 11 is 0. The first-order chi connectivity index (χ1) is 10.3. The lowest BCUT2D eigenvalue weighted by molar-refractivity contribution is 0.215. The fourth-order valence-electron chi connectivity index (χ4n) is 1.94. The average Bonchev–Trinajstić information content (AvgIpc) is 3.03. The van der Waals surface area contributed by atoms with Gasteiger partial charge in [0.05, 0.1) is 17.7 Å². The molecule has 0 saturated heterocycles. The Bertz CT molecular complexity index is 724. The van der Waals surface area contributed by atoms with Crippen LogP contribution >= 0.6 is 0 Å². The first-order valence-corrected chi connectivity index (χ1v) is 6.44. The third-order valence-electron chi connectivity index (χ3n) is 2.88. The smallest absolute Gasteiger partial charge is 0.410 e. The predicted molar refractivity (Wildman–Crippen MR) is 79.7 cm³/mol. The van der Waals surface area contributed by atoms with Crippen LogP contribution in [-0.4, -0.2) is 15.6 Å². The molecule has 1 amide bonds. The molecule has 0 aliphatic carbocycles. The van der Waals surface area contributed by atoms with Crippen molar-refractivity contribution in [3.8, 4) is 11.4 Å². The maximum Gasteiger partial charge on any atom is 0.417 e. The van der Waals surface area contributed by atoms with Crippen molar-refractivity contribution in [3.63, 3.8) is 0 Å². The Morgan fingerprint density at radius 3 is 2.57 bits per heavy atom. The number of para-hydroxylation sites is 3. The van der Waals surface area contributed by atoms with Gasteiger partial charge in [-0.3, -0.25) is 5.32 Å². The van der Waals surface area contributed by atoms with Crippen molar-refractivity contribution < 1.29 is 9.53 Å². The second-order valence-corrected chi connectivity index (χ2v) is 4.31. The van der Waals surface area contributed by atoms with Gasteiger partial charge in [-0.1, -0.05) is 30.3 Å². The Balaban J connectivity index is 1.78. The number of nitrogens with one attached hydrogen (secondary N) is 1. The van der Waals surface area contributed by atoms with E-state index in [9.17, 15) is 4.79 Å². The first-order valence-electron chi connectivity index (χ1n) is 6.44. The van der Waals surface area contributed by atoms with Gasteiger partial charge in [-0.05, 0) is 24.3 Å². The van der Waals surface area contributed by atoms with E-state index in [1.54, 1.807) is 24.7 Å². The zero-order valence-electron chi connectivity index (χ0n) is 11.1. The predicted octanol–water partition coefficient (Wildman–Crippen LogP) is 3.48. The van der Waals surface area contributed by atoms with E-state index in [1.165, 1.54) is 0 Å². The molecule has 0 saturated carbocycles. The second kappa shape index (κ2) is 5.92. The van der Waals surface area contributed by atoms with Crippen molar-refractivity contribution in [1.29, 1.82) is 0 Å². The van der Waals surface area contributed by atoms with Crippen LogP contribution in [0.5, 0.6) is 5.75 Å². The first kappa shape index (κ1) is 12.9. The number of nitrogens with zero attached hydrogens (tertiary/aromatic N) is 2. The van der Waals surface area contributed by atoms with Crippen LogP contribution in [0.15, 0.2) is 73.3 Å². The van der Waals surface area contributed by atoms with Crippen molar-refractivity contribution in [2.24, 2.45) is 0 Å². The number of ether oxygens (including phenoxy) is 1. The largest absolute Gasteiger partial charge is 0.417 e. The summed E-state index contributed by atoms with van der Waals surface area (Å²) in [7, 11) is 0. The molecule has 1 N–H and O–H groups in total. The zero-order valence-corrected chi connectivity index (χ0v) is 11.1. The number of hydrogen-bond acceptors (Lipinski definition) is 3. The summed E-state index contributed by atoms with van der Waals surface area (Å²) in [6.07, 6.45) is 4.62. The van der Waals surface area contributed by atoms with Gasteiger partial charge in [-0.15, -0.1) is 0 Å². The summed E-state index contributed by atoms with van der Waals surface area (Å²) < 4.78 is 7.03. The number of hydrogen-bond donors (Lipinski definition) is 1. The van der Waals surface area contributed by atoms with Gasteiger partial charge < -0.3 is 9.30 Å². The van der Waals surface area contributed by atoms with Crippen molar-refractivity contribution in [1.82, 2.24) is 9.55 Å².